The Balaban J connectivity index is 1.43. The average Bonchev–Trinajstić information content (AvgIpc) is 2.85. The molecule has 7 nitrogen and oxygen atoms in total. The number of ether oxygens (including phenoxy) is 1. The molecule has 0 radical (unpaired) electrons. The second kappa shape index (κ2) is 9.80. The molecule has 1 fully saturated rings. The molecule has 1 amide bonds. The predicted octanol–water partition coefficient (Wildman–Crippen LogP) is 3.60. The van der Waals surface area contributed by atoms with E-state index >= 15 is 0 Å². The van der Waals surface area contributed by atoms with E-state index in [4.69, 9.17) is 15.0 Å². The first-order chi connectivity index (χ1) is 15.9. The second-order valence-corrected chi connectivity index (χ2v) is 8.57. The van der Waals surface area contributed by atoms with Gasteiger partial charge in [-0.3, -0.25) is 4.79 Å². The molecule has 0 spiro atoms. The summed E-state index contributed by atoms with van der Waals surface area (Å²) in [4.78, 5) is 23.8. The Kier molecular flexibility index (Phi) is 6.66. The van der Waals surface area contributed by atoms with Crippen LogP contribution in [0.1, 0.15) is 35.6 Å². The molecule has 1 N–H and O–H groups in total. The van der Waals surface area contributed by atoms with Gasteiger partial charge in [0.15, 0.2) is 0 Å². The van der Waals surface area contributed by atoms with Crippen molar-refractivity contribution in [3.63, 3.8) is 0 Å². The summed E-state index contributed by atoms with van der Waals surface area (Å²) in [6.45, 7) is 6.70. The van der Waals surface area contributed by atoms with Crippen LogP contribution in [0.15, 0.2) is 60.8 Å². The Hall–Kier alpha value is -3.76. The number of nitrogens with one attached hydrogen (secondary N) is 1. The molecule has 2 heterocycles. The minimum absolute atomic E-state index is 0.281. The summed E-state index contributed by atoms with van der Waals surface area (Å²) in [5.74, 6) is 0.459. The highest BCUT2D eigenvalue weighted by atomic mass is 16.5. The van der Waals surface area contributed by atoms with Gasteiger partial charge in [0.25, 0.3) is 5.91 Å². The Bertz CT molecular complexity index is 1140. The predicted molar refractivity (Wildman–Crippen MR) is 127 cm³/mol. The minimum Gasteiger partial charge on any atom is -0.378 e. The van der Waals surface area contributed by atoms with Crippen molar-refractivity contribution in [2.24, 2.45) is 0 Å². The molecule has 7 heteroatoms. The van der Waals surface area contributed by atoms with Crippen molar-refractivity contribution in [1.29, 1.82) is 5.26 Å². The summed E-state index contributed by atoms with van der Waals surface area (Å²) in [5.41, 5.74) is 3.64. The number of aromatic nitrogens is 2. The van der Waals surface area contributed by atoms with Crippen LogP contribution in [0.25, 0.3) is 11.3 Å². The summed E-state index contributed by atoms with van der Waals surface area (Å²) in [5, 5.41) is 11.8. The van der Waals surface area contributed by atoms with Gasteiger partial charge in [0.05, 0.1) is 25.0 Å². The van der Waals surface area contributed by atoms with Crippen LogP contribution >= 0.6 is 0 Å². The fourth-order valence-electron chi connectivity index (χ4n) is 3.65. The standard InChI is InChI=1S/C26H27N5O2/c1-26(2,18-27)30-25(32)21-7-5-20(6-8-21)23-11-12-28-24(29-23)17-19-3-9-22(10-4-19)31-13-15-33-16-14-31/h3-12H,13-17H2,1-2H3,(H,30,32). The lowest BCUT2D eigenvalue weighted by atomic mass is 10.1. The van der Waals surface area contributed by atoms with E-state index in [1.807, 2.05) is 18.2 Å². The van der Waals surface area contributed by atoms with Crippen molar-refractivity contribution in [2.75, 3.05) is 31.2 Å². The van der Waals surface area contributed by atoms with Crippen molar-refractivity contribution in [2.45, 2.75) is 25.8 Å². The lowest BCUT2D eigenvalue weighted by Gasteiger charge is -2.28. The molecule has 4 rings (SSSR count). The number of hydrogen-bond donors (Lipinski definition) is 1. The van der Waals surface area contributed by atoms with Gasteiger partial charge in [-0.25, -0.2) is 9.97 Å². The summed E-state index contributed by atoms with van der Waals surface area (Å²) >= 11 is 0. The van der Waals surface area contributed by atoms with E-state index in [0.717, 1.165) is 48.9 Å². The van der Waals surface area contributed by atoms with Gasteiger partial charge in [-0.1, -0.05) is 24.3 Å². The van der Waals surface area contributed by atoms with Crippen LogP contribution in [0.3, 0.4) is 0 Å². The third-order valence-corrected chi connectivity index (χ3v) is 5.53. The Labute approximate surface area is 194 Å². The molecular formula is C26H27N5O2. The molecule has 3 aromatic rings. The number of nitrogens with zero attached hydrogens (tertiary/aromatic N) is 4. The highest BCUT2D eigenvalue weighted by molar-refractivity contribution is 5.95. The number of nitriles is 1. The number of morpholine rings is 1. The molecule has 0 atom stereocenters. The molecule has 1 saturated heterocycles. The fraction of sp³-hybridized carbons (Fsp3) is 0.308. The second-order valence-electron chi connectivity index (χ2n) is 8.57. The van der Waals surface area contributed by atoms with E-state index < -0.39 is 5.54 Å². The Morgan fingerprint density at radius 3 is 2.45 bits per heavy atom. The molecule has 0 unspecified atom stereocenters. The maximum absolute atomic E-state index is 12.4. The molecule has 1 aliphatic heterocycles. The van der Waals surface area contributed by atoms with E-state index in [9.17, 15) is 4.79 Å². The van der Waals surface area contributed by atoms with Crippen molar-refractivity contribution in [3.8, 4) is 17.3 Å². The molecule has 0 aliphatic carbocycles. The SMILES string of the molecule is CC(C)(C#N)NC(=O)c1ccc(-c2ccnc(Cc3ccc(N4CCOCC4)cc3)n2)cc1. The number of carbonyl (C=O) groups excluding carboxylic acids is 1. The molecule has 168 valence electrons. The summed E-state index contributed by atoms with van der Waals surface area (Å²) < 4.78 is 5.42. The summed E-state index contributed by atoms with van der Waals surface area (Å²) in [6, 6.07) is 19.7. The molecule has 0 saturated carbocycles. The van der Waals surface area contributed by atoms with E-state index in [1.54, 1.807) is 32.2 Å². The van der Waals surface area contributed by atoms with Crippen LogP contribution < -0.4 is 10.2 Å². The number of benzene rings is 2. The van der Waals surface area contributed by atoms with Crippen molar-refractivity contribution in [3.05, 3.63) is 77.7 Å². The Morgan fingerprint density at radius 1 is 1.09 bits per heavy atom. The van der Waals surface area contributed by atoms with Gasteiger partial charge in [-0.2, -0.15) is 5.26 Å². The van der Waals surface area contributed by atoms with Crippen LogP contribution in [0.2, 0.25) is 0 Å². The maximum Gasteiger partial charge on any atom is 0.252 e. The van der Waals surface area contributed by atoms with Gasteiger partial charge < -0.3 is 15.0 Å². The van der Waals surface area contributed by atoms with Gasteiger partial charge in [0, 0.05) is 42.5 Å². The molecule has 1 aliphatic rings. The molecule has 1 aromatic heterocycles. The van der Waals surface area contributed by atoms with E-state index in [-0.39, 0.29) is 5.91 Å². The Morgan fingerprint density at radius 2 is 1.79 bits per heavy atom. The first-order valence-electron chi connectivity index (χ1n) is 11.0. The molecule has 2 aromatic carbocycles. The number of hydrogen-bond acceptors (Lipinski definition) is 6. The lowest BCUT2D eigenvalue weighted by Crippen LogP contribution is -2.42. The first-order valence-corrected chi connectivity index (χ1v) is 11.0. The quantitative estimate of drug-likeness (QED) is 0.628. The molecular weight excluding hydrogens is 414 g/mol. The third kappa shape index (κ3) is 5.73. The fourth-order valence-corrected chi connectivity index (χ4v) is 3.65. The van der Waals surface area contributed by atoms with E-state index in [1.165, 1.54) is 5.69 Å². The summed E-state index contributed by atoms with van der Waals surface area (Å²) in [6.07, 6.45) is 2.40. The monoisotopic (exact) mass is 441 g/mol. The van der Waals surface area contributed by atoms with Crippen molar-refractivity contribution < 1.29 is 9.53 Å². The third-order valence-electron chi connectivity index (χ3n) is 5.53. The topological polar surface area (TPSA) is 91.1 Å². The van der Waals surface area contributed by atoms with Crippen molar-refractivity contribution in [1.82, 2.24) is 15.3 Å². The van der Waals surface area contributed by atoms with Crippen LogP contribution in [0.4, 0.5) is 5.69 Å². The smallest absolute Gasteiger partial charge is 0.252 e. The molecule has 33 heavy (non-hydrogen) atoms. The largest absolute Gasteiger partial charge is 0.378 e. The van der Waals surface area contributed by atoms with Gasteiger partial charge in [0.1, 0.15) is 11.4 Å². The minimum atomic E-state index is -0.919. The number of carbonyl (C=O) groups is 1. The highest BCUT2D eigenvalue weighted by Crippen LogP contribution is 2.20. The number of amides is 1. The number of anilines is 1. The van der Waals surface area contributed by atoms with E-state index in [2.05, 4.69) is 45.5 Å². The highest BCUT2D eigenvalue weighted by Gasteiger charge is 2.20. The van der Waals surface area contributed by atoms with Crippen LogP contribution in [0.5, 0.6) is 0 Å². The summed E-state index contributed by atoms with van der Waals surface area (Å²) in [7, 11) is 0. The van der Waals surface area contributed by atoms with Crippen molar-refractivity contribution >= 4 is 11.6 Å². The first kappa shape index (κ1) is 22.4. The van der Waals surface area contributed by atoms with Crippen LogP contribution in [0, 0.1) is 11.3 Å². The van der Waals surface area contributed by atoms with Gasteiger partial charge in [0.2, 0.25) is 0 Å². The van der Waals surface area contributed by atoms with Crippen LogP contribution in [-0.2, 0) is 11.2 Å². The molecule has 0 bridgehead atoms. The van der Waals surface area contributed by atoms with Gasteiger partial charge in [-0.05, 0) is 49.7 Å². The van der Waals surface area contributed by atoms with E-state index in [0.29, 0.717) is 12.0 Å². The zero-order valence-electron chi connectivity index (χ0n) is 18.9. The number of rotatable bonds is 6. The van der Waals surface area contributed by atoms with Gasteiger partial charge >= 0.3 is 0 Å². The zero-order valence-corrected chi connectivity index (χ0v) is 18.9. The van der Waals surface area contributed by atoms with Gasteiger partial charge in [-0.15, -0.1) is 0 Å². The zero-order chi connectivity index (χ0) is 23.3. The lowest BCUT2D eigenvalue weighted by molar-refractivity contribution is 0.0929. The van der Waals surface area contributed by atoms with Crippen LogP contribution in [-0.4, -0.2) is 47.7 Å². The maximum atomic E-state index is 12.4. The normalized spacial score (nSPS) is 13.9. The average molecular weight is 442 g/mol.